The van der Waals surface area contributed by atoms with Gasteiger partial charge in [-0.2, -0.15) is 0 Å². The minimum Gasteiger partial charge on any atom is -0.388 e. The van der Waals surface area contributed by atoms with Crippen molar-refractivity contribution in [2.45, 2.75) is 25.9 Å². The third kappa shape index (κ3) is 3.71. The van der Waals surface area contributed by atoms with Crippen LogP contribution in [0.15, 0.2) is 18.2 Å². The molecule has 1 atom stereocenters. The molecule has 1 N–H and O–H groups in total. The molecule has 1 unspecified atom stereocenters. The van der Waals surface area contributed by atoms with Crippen LogP contribution in [0.4, 0.5) is 11.4 Å². The molecule has 2 rings (SSSR count). The smallest absolute Gasteiger partial charge is 0.269 e. The molecule has 21 heavy (non-hydrogen) atoms. The molecule has 1 aromatic rings. The lowest BCUT2D eigenvalue weighted by molar-refractivity contribution is -0.384. The van der Waals surface area contributed by atoms with Gasteiger partial charge in [0.25, 0.3) is 5.69 Å². The topological polar surface area (TPSA) is 61.6 Å². The van der Waals surface area contributed by atoms with Crippen LogP contribution in [-0.4, -0.2) is 54.5 Å². The highest BCUT2D eigenvalue weighted by Crippen LogP contribution is 2.24. The molecule has 1 aliphatic heterocycles. The minimum atomic E-state index is -0.332. The molecule has 0 bridgehead atoms. The van der Waals surface area contributed by atoms with Gasteiger partial charge >= 0.3 is 0 Å². The highest BCUT2D eigenvalue weighted by atomic mass is 16.6. The van der Waals surface area contributed by atoms with E-state index in [1.54, 1.807) is 18.2 Å². The number of nitro groups is 1. The van der Waals surface area contributed by atoms with Crippen LogP contribution in [0.3, 0.4) is 0 Å². The quantitative estimate of drug-likeness (QED) is 0.665. The van der Waals surface area contributed by atoms with E-state index in [4.69, 9.17) is 0 Å². The van der Waals surface area contributed by atoms with Crippen molar-refractivity contribution >= 4 is 11.4 Å². The van der Waals surface area contributed by atoms with Crippen LogP contribution in [0.25, 0.3) is 0 Å². The zero-order valence-corrected chi connectivity index (χ0v) is 13.0. The zero-order chi connectivity index (χ0) is 15.4. The predicted molar refractivity (Wildman–Crippen MR) is 84.6 cm³/mol. The first kappa shape index (κ1) is 15.7. The van der Waals surface area contributed by atoms with Crippen molar-refractivity contribution in [1.82, 2.24) is 9.80 Å². The number of benzene rings is 1. The SMILES string of the molecule is CCC1CN(Cc2cc([N+](=O)[O-])ccc2NC)CCN1C. The summed E-state index contributed by atoms with van der Waals surface area (Å²) in [5.74, 6) is 0. The number of hydrogen-bond acceptors (Lipinski definition) is 5. The summed E-state index contributed by atoms with van der Waals surface area (Å²) in [6.45, 7) is 6.01. The molecule has 1 aromatic carbocycles. The van der Waals surface area contributed by atoms with Crippen molar-refractivity contribution in [3.8, 4) is 0 Å². The van der Waals surface area contributed by atoms with Gasteiger partial charge in [-0.3, -0.25) is 15.0 Å². The average molecular weight is 292 g/mol. The average Bonchev–Trinajstić information content (AvgIpc) is 2.49. The van der Waals surface area contributed by atoms with Crippen LogP contribution < -0.4 is 5.32 Å². The van der Waals surface area contributed by atoms with E-state index in [2.05, 4.69) is 29.1 Å². The maximum absolute atomic E-state index is 11.0. The lowest BCUT2D eigenvalue weighted by Crippen LogP contribution is -2.50. The van der Waals surface area contributed by atoms with Crippen molar-refractivity contribution in [1.29, 1.82) is 0 Å². The minimum absolute atomic E-state index is 0.158. The lowest BCUT2D eigenvalue weighted by atomic mass is 10.1. The van der Waals surface area contributed by atoms with Gasteiger partial charge in [-0.15, -0.1) is 0 Å². The Balaban J connectivity index is 2.14. The second-order valence-electron chi connectivity index (χ2n) is 5.63. The summed E-state index contributed by atoms with van der Waals surface area (Å²) in [6.07, 6.45) is 1.13. The van der Waals surface area contributed by atoms with E-state index in [1.807, 2.05) is 7.05 Å². The Morgan fingerprint density at radius 2 is 2.19 bits per heavy atom. The molecule has 1 heterocycles. The van der Waals surface area contributed by atoms with Gasteiger partial charge in [0.2, 0.25) is 0 Å². The molecular weight excluding hydrogens is 268 g/mol. The zero-order valence-electron chi connectivity index (χ0n) is 13.0. The maximum Gasteiger partial charge on any atom is 0.269 e. The molecule has 116 valence electrons. The number of hydrogen-bond donors (Lipinski definition) is 1. The van der Waals surface area contributed by atoms with Crippen molar-refractivity contribution in [2.24, 2.45) is 0 Å². The molecule has 0 amide bonds. The van der Waals surface area contributed by atoms with Gasteiger partial charge in [0.1, 0.15) is 0 Å². The highest BCUT2D eigenvalue weighted by molar-refractivity contribution is 5.55. The standard InChI is InChI=1S/C15H24N4O2/c1-4-13-11-18(8-7-17(13)3)10-12-9-14(19(20)21)5-6-15(12)16-2/h5-6,9,13,16H,4,7-8,10-11H2,1-3H3. The largest absolute Gasteiger partial charge is 0.388 e. The summed E-state index contributed by atoms with van der Waals surface area (Å²) in [5.41, 5.74) is 2.11. The molecular formula is C15H24N4O2. The van der Waals surface area contributed by atoms with Gasteiger partial charge in [0.15, 0.2) is 0 Å². The highest BCUT2D eigenvalue weighted by Gasteiger charge is 2.23. The Morgan fingerprint density at radius 1 is 1.43 bits per heavy atom. The molecule has 0 aliphatic carbocycles. The second-order valence-corrected chi connectivity index (χ2v) is 5.63. The molecule has 0 aromatic heterocycles. The number of likely N-dealkylation sites (N-methyl/N-ethyl adjacent to an activating group) is 1. The number of nitro benzene ring substituents is 1. The Kier molecular flexibility index (Phi) is 5.14. The van der Waals surface area contributed by atoms with Crippen LogP contribution in [-0.2, 0) is 6.54 Å². The molecule has 1 aliphatic rings. The van der Waals surface area contributed by atoms with E-state index in [1.165, 1.54) is 0 Å². The molecule has 1 saturated heterocycles. The summed E-state index contributed by atoms with van der Waals surface area (Å²) < 4.78 is 0. The molecule has 6 nitrogen and oxygen atoms in total. The number of nitrogens with zero attached hydrogens (tertiary/aromatic N) is 3. The maximum atomic E-state index is 11.0. The third-order valence-corrected chi connectivity index (χ3v) is 4.30. The number of rotatable bonds is 5. The number of piperazine rings is 1. The summed E-state index contributed by atoms with van der Waals surface area (Å²) >= 11 is 0. The molecule has 1 fully saturated rings. The van der Waals surface area contributed by atoms with Gasteiger partial charge in [0, 0.05) is 57.1 Å². The van der Waals surface area contributed by atoms with Crippen LogP contribution >= 0.6 is 0 Å². The Morgan fingerprint density at radius 3 is 2.81 bits per heavy atom. The van der Waals surface area contributed by atoms with Crippen LogP contribution in [0.5, 0.6) is 0 Å². The van der Waals surface area contributed by atoms with Gasteiger partial charge in [0.05, 0.1) is 4.92 Å². The van der Waals surface area contributed by atoms with Gasteiger partial charge in [-0.1, -0.05) is 6.92 Å². The fourth-order valence-corrected chi connectivity index (χ4v) is 2.90. The Hall–Kier alpha value is -1.66. The predicted octanol–water partition coefficient (Wildman–Crippen LogP) is 2.16. The molecule has 0 radical (unpaired) electrons. The first-order chi connectivity index (χ1) is 10.0. The van der Waals surface area contributed by atoms with Crippen LogP contribution in [0.1, 0.15) is 18.9 Å². The number of anilines is 1. The lowest BCUT2D eigenvalue weighted by Gasteiger charge is -2.39. The Bertz CT molecular complexity index is 506. The van der Waals surface area contributed by atoms with E-state index in [-0.39, 0.29) is 10.6 Å². The molecule has 0 saturated carbocycles. The summed E-state index contributed by atoms with van der Waals surface area (Å²) in [7, 11) is 4.02. The first-order valence-electron chi connectivity index (χ1n) is 7.42. The van der Waals surface area contributed by atoms with Crippen molar-refractivity contribution < 1.29 is 4.92 Å². The normalized spacial score (nSPS) is 20.4. The monoisotopic (exact) mass is 292 g/mol. The second kappa shape index (κ2) is 6.87. The van der Waals surface area contributed by atoms with Crippen LogP contribution in [0, 0.1) is 10.1 Å². The van der Waals surface area contributed by atoms with Gasteiger partial charge in [-0.05, 0) is 25.1 Å². The van der Waals surface area contributed by atoms with Crippen LogP contribution in [0.2, 0.25) is 0 Å². The summed E-state index contributed by atoms with van der Waals surface area (Å²) in [4.78, 5) is 15.4. The van der Waals surface area contributed by atoms with Crippen molar-refractivity contribution in [3.63, 3.8) is 0 Å². The van der Waals surface area contributed by atoms with E-state index in [0.29, 0.717) is 6.04 Å². The van der Waals surface area contributed by atoms with E-state index < -0.39 is 0 Å². The van der Waals surface area contributed by atoms with Crippen molar-refractivity contribution in [2.75, 3.05) is 39.0 Å². The van der Waals surface area contributed by atoms with Gasteiger partial charge < -0.3 is 10.2 Å². The molecule has 6 heteroatoms. The third-order valence-electron chi connectivity index (χ3n) is 4.30. The fourth-order valence-electron chi connectivity index (χ4n) is 2.90. The first-order valence-corrected chi connectivity index (χ1v) is 7.42. The fraction of sp³-hybridized carbons (Fsp3) is 0.600. The summed E-state index contributed by atoms with van der Waals surface area (Å²) in [5, 5.41) is 14.1. The van der Waals surface area contributed by atoms with E-state index in [0.717, 1.165) is 43.9 Å². The Labute approximate surface area is 125 Å². The van der Waals surface area contributed by atoms with Gasteiger partial charge in [-0.25, -0.2) is 0 Å². The van der Waals surface area contributed by atoms with E-state index >= 15 is 0 Å². The summed E-state index contributed by atoms with van der Waals surface area (Å²) in [6, 6.07) is 5.59. The van der Waals surface area contributed by atoms with E-state index in [9.17, 15) is 10.1 Å². The molecule has 0 spiro atoms. The number of non-ortho nitro benzene ring substituents is 1. The number of nitrogens with one attached hydrogen (secondary N) is 1. The van der Waals surface area contributed by atoms with Crippen molar-refractivity contribution in [3.05, 3.63) is 33.9 Å².